The van der Waals surface area contributed by atoms with E-state index >= 15 is 0 Å². The van der Waals surface area contributed by atoms with E-state index in [1.54, 1.807) is 30.3 Å². The Hall–Kier alpha value is -2.87. The van der Waals surface area contributed by atoms with Crippen LogP contribution in [0.15, 0.2) is 42.5 Å². The number of nitrogens with zero attached hydrogens (tertiary/aromatic N) is 1. The summed E-state index contributed by atoms with van der Waals surface area (Å²) in [6.45, 7) is 3.36. The molecule has 2 rings (SSSR count). The molecular weight excluding hydrogens is 354 g/mol. The highest BCUT2D eigenvalue weighted by Crippen LogP contribution is 2.21. The first-order valence-corrected chi connectivity index (χ1v) is 9.68. The Morgan fingerprint density at radius 3 is 2.31 bits per heavy atom. The molecule has 26 heavy (non-hydrogen) atoms. The van der Waals surface area contributed by atoms with Crippen molar-refractivity contribution in [2.24, 2.45) is 5.73 Å². The molecule has 0 saturated carbocycles. The molecule has 0 fully saturated rings. The molecule has 0 bridgehead atoms. The van der Waals surface area contributed by atoms with Crippen molar-refractivity contribution >= 4 is 33.2 Å². The Labute approximate surface area is 152 Å². The van der Waals surface area contributed by atoms with E-state index in [0.29, 0.717) is 5.69 Å². The van der Waals surface area contributed by atoms with Crippen LogP contribution in [0.4, 0.5) is 11.4 Å². The average Bonchev–Trinajstić information content (AvgIpc) is 2.54. The van der Waals surface area contributed by atoms with E-state index in [2.05, 4.69) is 5.32 Å². The minimum Gasteiger partial charge on any atom is -0.366 e. The number of rotatable bonds is 6. The molecule has 2 aromatic rings. The number of hydrogen-bond donors (Lipinski definition) is 2. The van der Waals surface area contributed by atoms with Crippen LogP contribution in [0.5, 0.6) is 0 Å². The summed E-state index contributed by atoms with van der Waals surface area (Å²) in [7, 11) is -3.68. The fourth-order valence-corrected chi connectivity index (χ4v) is 3.26. The van der Waals surface area contributed by atoms with Gasteiger partial charge in [0.15, 0.2) is 0 Å². The van der Waals surface area contributed by atoms with E-state index < -0.39 is 28.4 Å². The normalized spacial score (nSPS) is 11.0. The Morgan fingerprint density at radius 1 is 1.08 bits per heavy atom. The molecule has 0 heterocycles. The third-order valence-electron chi connectivity index (χ3n) is 3.93. The monoisotopic (exact) mass is 375 g/mol. The van der Waals surface area contributed by atoms with Crippen LogP contribution < -0.4 is 15.4 Å². The van der Waals surface area contributed by atoms with Crippen LogP contribution in [0.25, 0.3) is 0 Å². The first-order valence-electron chi connectivity index (χ1n) is 7.83. The van der Waals surface area contributed by atoms with Gasteiger partial charge in [0.1, 0.15) is 6.54 Å². The summed E-state index contributed by atoms with van der Waals surface area (Å²) in [6, 6.07) is 11.4. The molecule has 0 aliphatic carbocycles. The van der Waals surface area contributed by atoms with Gasteiger partial charge in [0.2, 0.25) is 15.9 Å². The SMILES string of the molecule is Cc1ccc(N(CC(=O)Nc2ccccc2C(N)=O)S(C)(=O)=O)cc1C. The second kappa shape index (κ2) is 7.57. The zero-order chi connectivity index (χ0) is 19.5. The molecule has 0 unspecified atom stereocenters. The highest BCUT2D eigenvalue weighted by molar-refractivity contribution is 7.92. The van der Waals surface area contributed by atoms with Crippen LogP contribution in [0, 0.1) is 13.8 Å². The van der Waals surface area contributed by atoms with E-state index in [1.165, 1.54) is 12.1 Å². The number of para-hydroxylation sites is 1. The van der Waals surface area contributed by atoms with Gasteiger partial charge in [-0.2, -0.15) is 0 Å². The first-order chi connectivity index (χ1) is 12.1. The predicted molar refractivity (Wildman–Crippen MR) is 102 cm³/mol. The first kappa shape index (κ1) is 19.5. The van der Waals surface area contributed by atoms with Crippen LogP contribution in [0.1, 0.15) is 21.5 Å². The topological polar surface area (TPSA) is 110 Å². The lowest BCUT2D eigenvalue weighted by molar-refractivity contribution is -0.114. The van der Waals surface area contributed by atoms with Crippen molar-refractivity contribution in [1.29, 1.82) is 0 Å². The second-order valence-electron chi connectivity index (χ2n) is 6.00. The van der Waals surface area contributed by atoms with Gasteiger partial charge in [-0.1, -0.05) is 18.2 Å². The van der Waals surface area contributed by atoms with Crippen LogP contribution >= 0.6 is 0 Å². The molecule has 2 aromatic carbocycles. The summed E-state index contributed by atoms with van der Waals surface area (Å²) in [5.74, 6) is -1.27. The molecule has 0 aliphatic rings. The number of amides is 2. The van der Waals surface area contributed by atoms with E-state index in [4.69, 9.17) is 5.73 Å². The van der Waals surface area contributed by atoms with Gasteiger partial charge in [0.25, 0.3) is 5.91 Å². The van der Waals surface area contributed by atoms with Gasteiger partial charge in [0.05, 0.1) is 23.2 Å². The molecule has 0 saturated heterocycles. The lowest BCUT2D eigenvalue weighted by atomic mass is 10.1. The Bertz CT molecular complexity index is 955. The maximum absolute atomic E-state index is 12.4. The van der Waals surface area contributed by atoms with Gasteiger partial charge in [-0.3, -0.25) is 13.9 Å². The Balaban J connectivity index is 2.28. The molecule has 0 aliphatic heterocycles. The van der Waals surface area contributed by atoms with Crippen LogP contribution in [-0.2, 0) is 14.8 Å². The Kier molecular flexibility index (Phi) is 5.66. The minimum absolute atomic E-state index is 0.151. The number of carbonyl (C=O) groups is 2. The lowest BCUT2D eigenvalue weighted by Gasteiger charge is -2.23. The maximum Gasteiger partial charge on any atom is 0.250 e. The van der Waals surface area contributed by atoms with Gasteiger partial charge in [-0.15, -0.1) is 0 Å². The average molecular weight is 375 g/mol. The minimum atomic E-state index is -3.68. The largest absolute Gasteiger partial charge is 0.366 e. The van der Waals surface area contributed by atoms with Gasteiger partial charge < -0.3 is 11.1 Å². The molecule has 2 amide bonds. The predicted octanol–water partition coefficient (Wildman–Crippen LogP) is 1.81. The smallest absolute Gasteiger partial charge is 0.250 e. The van der Waals surface area contributed by atoms with Crippen molar-refractivity contribution in [2.45, 2.75) is 13.8 Å². The Morgan fingerprint density at radius 2 is 1.73 bits per heavy atom. The number of sulfonamides is 1. The molecule has 8 heteroatoms. The maximum atomic E-state index is 12.4. The zero-order valence-corrected chi connectivity index (χ0v) is 15.6. The number of primary amides is 1. The number of anilines is 2. The highest BCUT2D eigenvalue weighted by atomic mass is 32.2. The fourth-order valence-electron chi connectivity index (χ4n) is 2.41. The van der Waals surface area contributed by atoms with Crippen molar-refractivity contribution in [1.82, 2.24) is 0 Å². The summed E-state index contributed by atoms with van der Waals surface area (Å²) >= 11 is 0. The third-order valence-corrected chi connectivity index (χ3v) is 5.07. The van der Waals surface area contributed by atoms with Gasteiger partial charge in [0, 0.05) is 0 Å². The fraction of sp³-hybridized carbons (Fsp3) is 0.222. The molecule has 0 spiro atoms. The van der Waals surface area contributed by atoms with Crippen molar-refractivity contribution in [3.63, 3.8) is 0 Å². The molecular formula is C18H21N3O4S. The molecule has 0 aromatic heterocycles. The highest BCUT2D eigenvalue weighted by Gasteiger charge is 2.22. The van der Waals surface area contributed by atoms with Gasteiger partial charge in [-0.25, -0.2) is 8.42 Å². The zero-order valence-electron chi connectivity index (χ0n) is 14.8. The molecule has 0 atom stereocenters. The number of nitrogens with one attached hydrogen (secondary N) is 1. The van der Waals surface area contributed by atoms with Gasteiger partial charge >= 0.3 is 0 Å². The summed E-state index contributed by atoms with van der Waals surface area (Å²) in [4.78, 5) is 23.8. The molecule has 0 radical (unpaired) electrons. The van der Waals surface area contributed by atoms with E-state index in [0.717, 1.165) is 21.7 Å². The van der Waals surface area contributed by atoms with Crippen LogP contribution in [0.2, 0.25) is 0 Å². The van der Waals surface area contributed by atoms with Crippen LogP contribution in [0.3, 0.4) is 0 Å². The molecule has 3 N–H and O–H groups in total. The van der Waals surface area contributed by atoms with Crippen molar-refractivity contribution in [3.8, 4) is 0 Å². The van der Waals surface area contributed by atoms with Crippen molar-refractivity contribution < 1.29 is 18.0 Å². The third kappa shape index (κ3) is 4.60. The van der Waals surface area contributed by atoms with E-state index in [1.807, 2.05) is 13.8 Å². The standard InChI is InChI=1S/C18H21N3O4S/c1-12-8-9-14(10-13(12)2)21(26(3,24)25)11-17(22)20-16-7-5-4-6-15(16)18(19)23/h4-10H,11H2,1-3H3,(H2,19,23)(H,20,22). The summed E-state index contributed by atoms with van der Waals surface area (Å²) in [5.41, 5.74) is 8.00. The molecule has 138 valence electrons. The number of carbonyl (C=O) groups excluding carboxylic acids is 2. The van der Waals surface area contributed by atoms with Gasteiger partial charge in [-0.05, 0) is 49.2 Å². The van der Waals surface area contributed by atoms with E-state index in [-0.39, 0.29) is 11.3 Å². The molecule has 7 nitrogen and oxygen atoms in total. The quantitative estimate of drug-likeness (QED) is 0.802. The number of nitrogens with two attached hydrogens (primary N) is 1. The summed E-state index contributed by atoms with van der Waals surface area (Å²) < 4.78 is 25.3. The van der Waals surface area contributed by atoms with Crippen molar-refractivity contribution in [3.05, 3.63) is 59.2 Å². The second-order valence-corrected chi connectivity index (χ2v) is 7.90. The number of benzene rings is 2. The number of hydrogen-bond acceptors (Lipinski definition) is 4. The lowest BCUT2D eigenvalue weighted by Crippen LogP contribution is -2.37. The summed E-state index contributed by atoms with van der Waals surface area (Å²) in [5, 5.41) is 2.54. The van der Waals surface area contributed by atoms with Crippen LogP contribution in [-0.4, -0.2) is 33.0 Å². The van der Waals surface area contributed by atoms with E-state index in [9.17, 15) is 18.0 Å². The number of aryl methyl sites for hydroxylation is 2. The summed E-state index contributed by atoms with van der Waals surface area (Å²) in [6.07, 6.45) is 1.03. The van der Waals surface area contributed by atoms with Crippen molar-refractivity contribution in [2.75, 3.05) is 22.4 Å².